The highest BCUT2D eigenvalue weighted by molar-refractivity contribution is 14.2. The number of alkyl halides is 2. The first-order valence-electron chi connectivity index (χ1n) is 9.45. The maximum Gasteiger partial charge on any atom is 0.291 e. The number of aromatic nitrogens is 4. The first-order valence-corrected chi connectivity index (χ1v) is 13.9. The standard InChI is InChI=1S/C19H17ClF2IN6O2P/c20-15-14(7-25-29(32-23)19(15)31)27-6-5-13-12(9-27)16(18(24)30)26-28(13)8-10-3-1-2-4-11(10)17(21)22/h1-4,7,17,32H,5-6,8-9H2,(H2,24,30). The van der Waals surface area contributed by atoms with Crippen molar-refractivity contribution >= 4 is 51.6 Å². The average Bonchev–Trinajstić information content (AvgIpc) is 3.14. The molecule has 8 nitrogen and oxygen atoms in total. The molecule has 168 valence electrons. The van der Waals surface area contributed by atoms with Crippen molar-refractivity contribution < 1.29 is 13.6 Å². The molecule has 0 radical (unpaired) electrons. The van der Waals surface area contributed by atoms with Gasteiger partial charge in [-0.3, -0.25) is 14.3 Å². The van der Waals surface area contributed by atoms with Gasteiger partial charge in [-0.05, 0) is 27.6 Å². The van der Waals surface area contributed by atoms with Gasteiger partial charge in [-0.25, -0.2) is 13.2 Å². The monoisotopic (exact) mass is 592 g/mol. The van der Waals surface area contributed by atoms with Gasteiger partial charge in [-0.2, -0.15) is 10.2 Å². The van der Waals surface area contributed by atoms with Crippen LogP contribution in [0.2, 0.25) is 5.02 Å². The number of hydrogen-bond acceptors (Lipinski definition) is 5. The Morgan fingerprint density at radius 1 is 1.34 bits per heavy atom. The predicted octanol–water partition coefficient (Wildman–Crippen LogP) is 3.53. The summed E-state index contributed by atoms with van der Waals surface area (Å²) in [6, 6.07) is 6.23. The number of benzene rings is 1. The molecule has 32 heavy (non-hydrogen) atoms. The third-order valence-electron chi connectivity index (χ3n) is 5.30. The minimum absolute atomic E-state index is 0.0477. The van der Waals surface area contributed by atoms with Gasteiger partial charge in [0.05, 0.1) is 24.8 Å². The van der Waals surface area contributed by atoms with Crippen molar-refractivity contribution in [3.8, 4) is 0 Å². The molecular weight excluding hydrogens is 576 g/mol. The fraction of sp³-hybridized carbons (Fsp3) is 0.263. The Bertz CT molecular complexity index is 1250. The maximum atomic E-state index is 13.4. The molecule has 13 heteroatoms. The number of anilines is 1. The molecule has 1 atom stereocenters. The van der Waals surface area contributed by atoms with E-state index in [1.807, 2.05) is 26.9 Å². The lowest BCUT2D eigenvalue weighted by Gasteiger charge is -2.30. The topological polar surface area (TPSA) is 99.0 Å². The molecule has 0 spiro atoms. The summed E-state index contributed by atoms with van der Waals surface area (Å²) in [6.45, 7) is 0.803. The van der Waals surface area contributed by atoms with Crippen LogP contribution >= 0.6 is 40.0 Å². The Balaban J connectivity index is 1.71. The molecule has 3 heterocycles. The second-order valence-electron chi connectivity index (χ2n) is 7.11. The largest absolute Gasteiger partial charge is 0.364 e. The van der Waals surface area contributed by atoms with Gasteiger partial charge in [-0.15, -0.1) is 0 Å². The first-order chi connectivity index (χ1) is 15.3. The molecule has 4 rings (SSSR count). The molecule has 0 aliphatic carbocycles. The van der Waals surface area contributed by atoms with Crippen molar-refractivity contribution in [2.24, 2.45) is 5.73 Å². The molecule has 1 amide bonds. The molecule has 2 aromatic heterocycles. The van der Waals surface area contributed by atoms with Gasteiger partial charge in [-0.1, -0.05) is 35.9 Å². The van der Waals surface area contributed by atoms with E-state index in [0.717, 1.165) is 5.69 Å². The van der Waals surface area contributed by atoms with Gasteiger partial charge in [0, 0.05) is 36.3 Å². The molecule has 2 N–H and O–H groups in total. The second kappa shape index (κ2) is 9.40. The maximum absolute atomic E-state index is 13.4. The van der Waals surface area contributed by atoms with E-state index < -0.39 is 17.9 Å². The number of rotatable bonds is 6. The number of nitrogens with two attached hydrogens (primary N) is 1. The lowest BCUT2D eigenvalue weighted by atomic mass is 10.0. The normalized spacial score (nSPS) is 13.8. The summed E-state index contributed by atoms with van der Waals surface area (Å²) in [5, 5.41) is 8.52. The third kappa shape index (κ3) is 4.25. The Labute approximate surface area is 201 Å². The van der Waals surface area contributed by atoms with E-state index in [9.17, 15) is 18.4 Å². The van der Waals surface area contributed by atoms with Gasteiger partial charge >= 0.3 is 0 Å². The summed E-state index contributed by atoms with van der Waals surface area (Å²) in [7, 11) is 0. The number of nitrogens with zero attached hydrogens (tertiary/aromatic N) is 5. The van der Waals surface area contributed by atoms with Crippen LogP contribution in [0.5, 0.6) is 0 Å². The third-order valence-corrected chi connectivity index (χ3v) is 7.50. The fourth-order valence-electron chi connectivity index (χ4n) is 3.78. The number of carbonyl (C=O) groups is 1. The molecule has 0 saturated heterocycles. The van der Waals surface area contributed by atoms with E-state index in [1.54, 1.807) is 22.9 Å². The van der Waals surface area contributed by atoms with Crippen LogP contribution in [-0.2, 0) is 19.5 Å². The van der Waals surface area contributed by atoms with Crippen LogP contribution in [0.3, 0.4) is 0 Å². The molecule has 0 fully saturated rings. The van der Waals surface area contributed by atoms with E-state index in [2.05, 4.69) is 10.2 Å². The summed E-state index contributed by atoms with van der Waals surface area (Å²) in [5.41, 5.74) is 7.37. The van der Waals surface area contributed by atoms with Crippen LogP contribution < -0.4 is 16.2 Å². The quantitative estimate of drug-likeness (QED) is 0.349. The number of halogens is 4. The smallest absolute Gasteiger partial charge is 0.291 e. The van der Waals surface area contributed by atoms with Crippen LogP contribution in [0.25, 0.3) is 0 Å². The number of amides is 1. The number of hydrogen-bond donors (Lipinski definition) is 1. The highest BCUT2D eigenvalue weighted by Crippen LogP contribution is 2.32. The summed E-state index contributed by atoms with van der Waals surface area (Å²) in [5.74, 6) is -0.713. The Hall–Kier alpha value is -2.11. The molecule has 1 unspecified atom stereocenters. The first kappa shape index (κ1) is 23.1. The highest BCUT2D eigenvalue weighted by Gasteiger charge is 2.29. The van der Waals surface area contributed by atoms with Gasteiger partial charge in [0.2, 0.25) is 0 Å². The van der Waals surface area contributed by atoms with Crippen LogP contribution in [0.4, 0.5) is 14.5 Å². The Morgan fingerprint density at radius 2 is 2.09 bits per heavy atom. The highest BCUT2D eigenvalue weighted by atomic mass is 127. The predicted molar refractivity (Wildman–Crippen MR) is 127 cm³/mol. The zero-order valence-electron chi connectivity index (χ0n) is 16.4. The lowest BCUT2D eigenvalue weighted by Crippen LogP contribution is -2.34. The molecule has 1 aromatic carbocycles. The van der Waals surface area contributed by atoms with Crippen molar-refractivity contribution in [1.82, 2.24) is 19.3 Å². The van der Waals surface area contributed by atoms with Crippen molar-refractivity contribution in [2.45, 2.75) is 25.9 Å². The molecule has 3 aromatic rings. The number of primary amides is 1. The van der Waals surface area contributed by atoms with Crippen molar-refractivity contribution in [3.63, 3.8) is 0 Å². The molecule has 0 bridgehead atoms. The molecule has 1 aliphatic rings. The van der Waals surface area contributed by atoms with E-state index >= 15 is 0 Å². The molecular formula is C19H17ClF2IN6O2P. The van der Waals surface area contributed by atoms with Gasteiger partial charge in [0.25, 0.3) is 17.9 Å². The van der Waals surface area contributed by atoms with E-state index in [-0.39, 0.29) is 35.7 Å². The average molecular weight is 593 g/mol. The van der Waals surface area contributed by atoms with E-state index in [0.29, 0.717) is 29.8 Å². The van der Waals surface area contributed by atoms with Crippen LogP contribution in [0, 0.1) is 0 Å². The van der Waals surface area contributed by atoms with Gasteiger partial charge < -0.3 is 10.6 Å². The summed E-state index contributed by atoms with van der Waals surface area (Å²) in [6.07, 6.45) is -0.528. The van der Waals surface area contributed by atoms with Crippen LogP contribution in [-0.4, -0.2) is 31.8 Å². The SMILES string of the molecule is NC(=O)c1nn(Cc2ccccc2C(F)F)c2c1CN(c1cnn(PI)c(=O)c1Cl)CC2. The zero-order chi connectivity index (χ0) is 23.0. The van der Waals surface area contributed by atoms with E-state index in [4.69, 9.17) is 17.3 Å². The number of carbonyl (C=O) groups excluding carboxylic acids is 1. The molecule has 1 aliphatic heterocycles. The van der Waals surface area contributed by atoms with Gasteiger partial charge in [0.1, 0.15) is 5.02 Å². The summed E-state index contributed by atoms with van der Waals surface area (Å²) >= 11 is 8.34. The summed E-state index contributed by atoms with van der Waals surface area (Å²) in [4.78, 5) is 26.3. The van der Waals surface area contributed by atoms with Crippen molar-refractivity contribution in [1.29, 1.82) is 0 Å². The Kier molecular flexibility index (Phi) is 6.78. The van der Waals surface area contributed by atoms with Gasteiger partial charge in [0.15, 0.2) is 5.69 Å². The second-order valence-corrected chi connectivity index (χ2v) is 9.53. The Morgan fingerprint density at radius 3 is 2.78 bits per heavy atom. The lowest BCUT2D eigenvalue weighted by molar-refractivity contribution is 0.0993. The van der Waals surface area contributed by atoms with Crippen LogP contribution in [0.15, 0.2) is 35.3 Å². The number of fused-ring (bicyclic) bond motifs is 1. The summed E-state index contributed by atoms with van der Waals surface area (Å²) < 4.78 is 29.7. The zero-order valence-corrected chi connectivity index (χ0v) is 20.3. The minimum Gasteiger partial charge on any atom is -0.364 e. The minimum atomic E-state index is -2.62. The molecule has 0 saturated carbocycles. The van der Waals surface area contributed by atoms with E-state index in [1.165, 1.54) is 16.7 Å². The van der Waals surface area contributed by atoms with Crippen molar-refractivity contribution in [2.75, 3.05) is 11.4 Å². The fourth-order valence-corrected chi connectivity index (χ4v) is 5.42. The van der Waals surface area contributed by atoms with Crippen LogP contribution in [0.1, 0.15) is 39.3 Å². The van der Waals surface area contributed by atoms with Crippen molar-refractivity contribution in [3.05, 3.63) is 73.9 Å².